The minimum Gasteiger partial charge on any atom is -0.340 e. The number of carbonyl (C=O) groups excluding carboxylic acids is 2. The molecule has 3 nitrogen and oxygen atoms in total. The monoisotopic (exact) mass is 351 g/mol. The Hall–Kier alpha value is -1.16. The second-order valence-electron chi connectivity index (χ2n) is 5.96. The van der Waals surface area contributed by atoms with Gasteiger partial charge in [-0.05, 0) is 48.9 Å². The van der Waals surface area contributed by atoms with Gasteiger partial charge in [-0.1, -0.05) is 41.3 Å². The number of hydrogen-bond acceptors (Lipinski definition) is 2. The SMILES string of the molecule is CC(=O)NC(C=O)(c1cc(Br)ccc1C)C1CCCCC1. The number of aldehydes is 1. The smallest absolute Gasteiger partial charge is 0.217 e. The lowest BCUT2D eigenvalue weighted by molar-refractivity contribution is -0.127. The van der Waals surface area contributed by atoms with Crippen LogP contribution in [0.1, 0.15) is 50.2 Å². The van der Waals surface area contributed by atoms with Crippen LogP contribution in [0.4, 0.5) is 0 Å². The van der Waals surface area contributed by atoms with Gasteiger partial charge in [-0.2, -0.15) is 0 Å². The van der Waals surface area contributed by atoms with Gasteiger partial charge in [0, 0.05) is 11.4 Å². The number of hydrogen-bond donors (Lipinski definition) is 1. The van der Waals surface area contributed by atoms with E-state index in [1.165, 1.54) is 13.3 Å². The van der Waals surface area contributed by atoms with Crippen molar-refractivity contribution in [2.75, 3.05) is 0 Å². The van der Waals surface area contributed by atoms with Gasteiger partial charge in [0.05, 0.1) is 0 Å². The minimum atomic E-state index is -0.903. The Labute approximate surface area is 134 Å². The Morgan fingerprint density at radius 1 is 1.33 bits per heavy atom. The van der Waals surface area contributed by atoms with Crippen molar-refractivity contribution in [1.82, 2.24) is 5.32 Å². The van der Waals surface area contributed by atoms with Crippen molar-refractivity contribution < 1.29 is 9.59 Å². The lowest BCUT2D eigenvalue weighted by atomic mass is 9.70. The molecule has 1 aliphatic carbocycles. The van der Waals surface area contributed by atoms with Gasteiger partial charge in [0.2, 0.25) is 5.91 Å². The Kier molecular flexibility index (Phi) is 5.20. The van der Waals surface area contributed by atoms with Gasteiger partial charge in [0.15, 0.2) is 0 Å². The zero-order chi connectivity index (χ0) is 15.5. The largest absolute Gasteiger partial charge is 0.340 e. The average Bonchev–Trinajstić information content (AvgIpc) is 2.48. The van der Waals surface area contributed by atoms with Gasteiger partial charge in [0.1, 0.15) is 11.8 Å². The maximum atomic E-state index is 12.1. The Morgan fingerprint density at radius 2 is 2.00 bits per heavy atom. The molecule has 0 bridgehead atoms. The summed E-state index contributed by atoms with van der Waals surface area (Å²) < 4.78 is 0.926. The van der Waals surface area contributed by atoms with E-state index in [0.29, 0.717) is 0 Å². The van der Waals surface area contributed by atoms with Crippen LogP contribution >= 0.6 is 15.9 Å². The second kappa shape index (κ2) is 6.73. The first kappa shape index (κ1) is 16.2. The normalized spacial score (nSPS) is 18.8. The van der Waals surface area contributed by atoms with Crippen LogP contribution < -0.4 is 5.32 Å². The van der Waals surface area contributed by atoms with Gasteiger partial charge in [-0.3, -0.25) is 4.79 Å². The summed E-state index contributed by atoms with van der Waals surface area (Å²) in [6.07, 6.45) is 6.35. The molecule has 4 heteroatoms. The Morgan fingerprint density at radius 3 is 2.57 bits per heavy atom. The van der Waals surface area contributed by atoms with Gasteiger partial charge >= 0.3 is 0 Å². The van der Waals surface area contributed by atoms with Crippen molar-refractivity contribution in [1.29, 1.82) is 0 Å². The molecule has 0 heterocycles. The lowest BCUT2D eigenvalue weighted by Gasteiger charge is -2.40. The minimum absolute atomic E-state index is 0.160. The standard InChI is InChI=1S/C17H22BrNO2/c1-12-8-9-15(18)10-16(12)17(11-20,19-13(2)21)14-6-4-3-5-7-14/h8-11,14H,3-7H2,1-2H3,(H,19,21). The molecule has 0 spiro atoms. The fourth-order valence-electron chi connectivity index (χ4n) is 3.47. The molecule has 0 radical (unpaired) electrons. The topological polar surface area (TPSA) is 46.2 Å². The number of carbonyl (C=O) groups is 2. The van der Waals surface area contributed by atoms with Crippen LogP contribution in [-0.2, 0) is 15.1 Å². The summed E-state index contributed by atoms with van der Waals surface area (Å²) >= 11 is 3.48. The fraction of sp³-hybridized carbons (Fsp3) is 0.529. The van der Waals surface area contributed by atoms with Crippen molar-refractivity contribution in [2.24, 2.45) is 5.92 Å². The first-order chi connectivity index (χ1) is 9.99. The molecule has 0 saturated heterocycles. The van der Waals surface area contributed by atoms with E-state index < -0.39 is 5.54 Å². The van der Waals surface area contributed by atoms with Gasteiger partial charge in [-0.15, -0.1) is 0 Å². The molecular weight excluding hydrogens is 330 g/mol. The third-order valence-electron chi connectivity index (χ3n) is 4.46. The maximum Gasteiger partial charge on any atom is 0.217 e. The zero-order valence-electron chi connectivity index (χ0n) is 12.6. The fourth-order valence-corrected chi connectivity index (χ4v) is 3.83. The molecule has 1 aromatic carbocycles. The maximum absolute atomic E-state index is 12.1. The van der Waals surface area contributed by atoms with E-state index in [1.54, 1.807) is 0 Å². The molecule has 1 N–H and O–H groups in total. The van der Waals surface area contributed by atoms with E-state index in [2.05, 4.69) is 21.2 Å². The van der Waals surface area contributed by atoms with E-state index >= 15 is 0 Å². The number of amides is 1. The highest BCUT2D eigenvalue weighted by atomic mass is 79.9. The molecule has 1 aliphatic rings. The first-order valence-electron chi connectivity index (χ1n) is 7.51. The van der Waals surface area contributed by atoms with Crippen molar-refractivity contribution in [3.63, 3.8) is 0 Å². The van der Waals surface area contributed by atoms with Crippen LogP contribution in [-0.4, -0.2) is 12.2 Å². The predicted octanol–water partition coefficient (Wildman–Crippen LogP) is 3.87. The van der Waals surface area contributed by atoms with Gasteiger partial charge < -0.3 is 10.1 Å². The van der Waals surface area contributed by atoms with Gasteiger partial charge in [-0.25, -0.2) is 0 Å². The summed E-state index contributed by atoms with van der Waals surface area (Å²) in [4.78, 5) is 23.8. The summed E-state index contributed by atoms with van der Waals surface area (Å²) in [5.41, 5.74) is 1.04. The number of aryl methyl sites for hydroxylation is 1. The molecule has 1 fully saturated rings. The number of rotatable bonds is 4. The van der Waals surface area contributed by atoms with E-state index in [9.17, 15) is 9.59 Å². The van der Waals surface area contributed by atoms with E-state index in [-0.39, 0.29) is 11.8 Å². The molecular formula is C17H22BrNO2. The molecule has 1 atom stereocenters. The summed E-state index contributed by atoms with van der Waals surface area (Å²) in [5.74, 6) is 0.00713. The van der Waals surface area contributed by atoms with E-state index in [4.69, 9.17) is 0 Å². The van der Waals surface area contributed by atoms with Crippen molar-refractivity contribution in [3.8, 4) is 0 Å². The van der Waals surface area contributed by atoms with Crippen LogP contribution in [0.15, 0.2) is 22.7 Å². The predicted molar refractivity (Wildman–Crippen MR) is 87.0 cm³/mol. The van der Waals surface area contributed by atoms with E-state index in [0.717, 1.165) is 47.6 Å². The van der Waals surface area contributed by atoms with Crippen molar-refractivity contribution in [3.05, 3.63) is 33.8 Å². The number of halogens is 1. The molecule has 0 aromatic heterocycles. The van der Waals surface area contributed by atoms with Crippen LogP contribution in [0.2, 0.25) is 0 Å². The quantitative estimate of drug-likeness (QED) is 0.837. The molecule has 1 saturated carbocycles. The van der Waals surface area contributed by atoms with Crippen LogP contribution in [0.5, 0.6) is 0 Å². The number of nitrogens with one attached hydrogen (secondary N) is 1. The third kappa shape index (κ3) is 3.37. The summed E-state index contributed by atoms with van der Waals surface area (Å²) in [5, 5.41) is 2.97. The Balaban J connectivity index is 2.54. The van der Waals surface area contributed by atoms with Crippen LogP contribution in [0, 0.1) is 12.8 Å². The highest BCUT2D eigenvalue weighted by molar-refractivity contribution is 9.10. The molecule has 2 rings (SSSR count). The molecule has 21 heavy (non-hydrogen) atoms. The first-order valence-corrected chi connectivity index (χ1v) is 8.30. The van der Waals surface area contributed by atoms with Crippen molar-refractivity contribution >= 4 is 28.1 Å². The summed E-state index contributed by atoms with van der Waals surface area (Å²) in [7, 11) is 0. The van der Waals surface area contributed by atoms with Gasteiger partial charge in [0.25, 0.3) is 0 Å². The average molecular weight is 352 g/mol. The van der Waals surface area contributed by atoms with Crippen LogP contribution in [0.3, 0.4) is 0 Å². The lowest BCUT2D eigenvalue weighted by Crippen LogP contribution is -2.53. The molecule has 1 aromatic rings. The molecule has 114 valence electrons. The zero-order valence-corrected chi connectivity index (χ0v) is 14.2. The number of benzene rings is 1. The van der Waals surface area contributed by atoms with Crippen molar-refractivity contribution in [2.45, 2.75) is 51.5 Å². The highest BCUT2D eigenvalue weighted by Crippen LogP contribution is 2.40. The second-order valence-corrected chi connectivity index (χ2v) is 6.88. The van der Waals surface area contributed by atoms with Crippen LogP contribution in [0.25, 0.3) is 0 Å². The molecule has 0 aliphatic heterocycles. The van der Waals surface area contributed by atoms with E-state index in [1.807, 2.05) is 25.1 Å². The summed E-state index contributed by atoms with van der Waals surface area (Å²) in [6.45, 7) is 3.47. The molecule has 1 amide bonds. The third-order valence-corrected chi connectivity index (χ3v) is 4.96. The molecule has 1 unspecified atom stereocenters. The highest BCUT2D eigenvalue weighted by Gasteiger charge is 2.42. The Bertz CT molecular complexity index is 538. The summed E-state index contributed by atoms with van der Waals surface area (Å²) in [6, 6.07) is 5.92.